The van der Waals surface area contributed by atoms with Crippen molar-refractivity contribution in [3.63, 3.8) is 0 Å². The van der Waals surface area contributed by atoms with Gasteiger partial charge in [0.25, 0.3) is 10.0 Å². The summed E-state index contributed by atoms with van der Waals surface area (Å²) in [7, 11) is -4.26. The predicted molar refractivity (Wildman–Crippen MR) is 178 cm³/mol. The number of hydrogen-bond acceptors (Lipinski definition) is 4. The van der Waals surface area contributed by atoms with Crippen LogP contribution in [0.3, 0.4) is 0 Å². The van der Waals surface area contributed by atoms with Crippen LogP contribution in [0.5, 0.6) is 0 Å². The Bertz CT molecular complexity index is 1580. The molecule has 1 saturated carbocycles. The van der Waals surface area contributed by atoms with Gasteiger partial charge in [-0.25, -0.2) is 8.42 Å². The van der Waals surface area contributed by atoms with E-state index in [-0.39, 0.29) is 45.5 Å². The molecule has 7 nitrogen and oxygen atoms in total. The van der Waals surface area contributed by atoms with Gasteiger partial charge in [-0.1, -0.05) is 96.4 Å². The van der Waals surface area contributed by atoms with Crippen LogP contribution in [-0.2, 0) is 26.2 Å². The third-order valence-electron chi connectivity index (χ3n) is 7.81. The van der Waals surface area contributed by atoms with Crippen LogP contribution in [0.2, 0.25) is 20.1 Å². The summed E-state index contributed by atoms with van der Waals surface area (Å²) >= 11 is 25.4. The summed E-state index contributed by atoms with van der Waals surface area (Å²) in [6, 6.07) is 14.8. The zero-order chi connectivity index (χ0) is 32.0. The highest BCUT2D eigenvalue weighted by atomic mass is 35.5. The summed E-state index contributed by atoms with van der Waals surface area (Å²) in [4.78, 5) is 29.4. The molecule has 0 heterocycles. The molecule has 3 aromatic carbocycles. The van der Waals surface area contributed by atoms with Gasteiger partial charge in [0.1, 0.15) is 12.6 Å². The van der Waals surface area contributed by atoms with Gasteiger partial charge in [0.2, 0.25) is 11.8 Å². The van der Waals surface area contributed by atoms with E-state index >= 15 is 0 Å². The van der Waals surface area contributed by atoms with E-state index < -0.39 is 28.5 Å². The molecule has 236 valence electrons. The summed E-state index contributed by atoms with van der Waals surface area (Å²) in [5.41, 5.74) is 1.47. The summed E-state index contributed by atoms with van der Waals surface area (Å²) in [5, 5.41) is 4.12. The number of carbonyl (C=O) groups excluding carboxylic acids is 2. The number of aryl methyl sites for hydroxylation is 1. The first kappa shape index (κ1) is 34.4. The molecular weight excluding hydrogens is 664 g/mol. The van der Waals surface area contributed by atoms with Crippen LogP contribution in [0.15, 0.2) is 65.6 Å². The number of amides is 2. The van der Waals surface area contributed by atoms with Gasteiger partial charge in [0.05, 0.1) is 20.6 Å². The largest absolute Gasteiger partial charge is 0.352 e. The lowest BCUT2D eigenvalue weighted by Crippen LogP contribution is -2.54. The van der Waals surface area contributed by atoms with E-state index in [0.717, 1.165) is 42.0 Å². The van der Waals surface area contributed by atoms with E-state index in [2.05, 4.69) is 5.32 Å². The monoisotopic (exact) mass is 697 g/mol. The third-order valence-corrected chi connectivity index (χ3v) is 11.0. The van der Waals surface area contributed by atoms with Crippen molar-refractivity contribution in [1.82, 2.24) is 10.2 Å². The average molecular weight is 700 g/mol. The van der Waals surface area contributed by atoms with Crippen LogP contribution in [-0.4, -0.2) is 43.8 Å². The van der Waals surface area contributed by atoms with Gasteiger partial charge in [-0.3, -0.25) is 13.9 Å². The van der Waals surface area contributed by atoms with Gasteiger partial charge in [0, 0.05) is 28.2 Å². The molecule has 4 rings (SSSR count). The number of halogens is 4. The number of anilines is 1. The first-order valence-electron chi connectivity index (χ1n) is 14.5. The molecule has 1 aliphatic carbocycles. The molecule has 44 heavy (non-hydrogen) atoms. The van der Waals surface area contributed by atoms with Gasteiger partial charge >= 0.3 is 0 Å². The Morgan fingerprint density at radius 2 is 1.52 bits per heavy atom. The minimum absolute atomic E-state index is 0.00949. The number of rotatable bonds is 11. The van der Waals surface area contributed by atoms with Crippen LogP contribution in [0, 0.1) is 6.92 Å². The van der Waals surface area contributed by atoms with E-state index in [1.54, 1.807) is 37.3 Å². The van der Waals surface area contributed by atoms with Crippen molar-refractivity contribution in [2.24, 2.45) is 0 Å². The van der Waals surface area contributed by atoms with Crippen LogP contribution in [0.25, 0.3) is 0 Å². The highest BCUT2D eigenvalue weighted by Crippen LogP contribution is 2.32. The first-order chi connectivity index (χ1) is 20.9. The zero-order valence-electron chi connectivity index (χ0n) is 24.5. The van der Waals surface area contributed by atoms with Crippen molar-refractivity contribution in [3.05, 3.63) is 91.9 Å². The van der Waals surface area contributed by atoms with Crippen molar-refractivity contribution in [1.29, 1.82) is 0 Å². The molecule has 2 amide bonds. The molecule has 1 N–H and O–H groups in total. The third kappa shape index (κ3) is 8.20. The van der Waals surface area contributed by atoms with Crippen LogP contribution < -0.4 is 9.62 Å². The number of benzene rings is 3. The van der Waals surface area contributed by atoms with E-state index in [9.17, 15) is 18.0 Å². The van der Waals surface area contributed by atoms with Crippen LogP contribution >= 0.6 is 46.4 Å². The van der Waals surface area contributed by atoms with Crippen molar-refractivity contribution >= 4 is 73.9 Å². The summed E-state index contributed by atoms with van der Waals surface area (Å²) in [6.45, 7) is 2.92. The highest BCUT2D eigenvalue weighted by Gasteiger charge is 2.35. The van der Waals surface area contributed by atoms with Gasteiger partial charge in [-0.05, 0) is 68.7 Å². The second kappa shape index (κ2) is 15.2. The van der Waals surface area contributed by atoms with Crippen molar-refractivity contribution < 1.29 is 18.0 Å². The normalized spacial score (nSPS) is 14.6. The van der Waals surface area contributed by atoms with Crippen molar-refractivity contribution in [2.45, 2.75) is 75.9 Å². The lowest BCUT2D eigenvalue weighted by atomic mass is 9.95. The van der Waals surface area contributed by atoms with Crippen molar-refractivity contribution in [2.75, 3.05) is 10.8 Å². The van der Waals surface area contributed by atoms with Crippen LogP contribution in [0.1, 0.15) is 56.6 Å². The molecule has 1 atom stereocenters. The molecule has 1 aliphatic rings. The Hall–Kier alpha value is -2.49. The fourth-order valence-electron chi connectivity index (χ4n) is 5.32. The van der Waals surface area contributed by atoms with E-state index in [4.69, 9.17) is 46.4 Å². The molecule has 0 unspecified atom stereocenters. The maximum Gasteiger partial charge on any atom is 0.264 e. The molecule has 0 spiro atoms. The van der Waals surface area contributed by atoms with Crippen LogP contribution in [0.4, 0.5) is 5.69 Å². The Morgan fingerprint density at radius 3 is 2.11 bits per heavy atom. The molecule has 0 aliphatic heterocycles. The second-order valence-corrected chi connectivity index (χ2v) is 14.4. The highest BCUT2D eigenvalue weighted by molar-refractivity contribution is 7.92. The molecule has 0 aromatic heterocycles. The minimum atomic E-state index is -4.26. The van der Waals surface area contributed by atoms with Crippen molar-refractivity contribution in [3.8, 4) is 0 Å². The van der Waals surface area contributed by atoms with E-state index in [0.29, 0.717) is 15.6 Å². The lowest BCUT2D eigenvalue weighted by Gasteiger charge is -2.35. The Kier molecular flexibility index (Phi) is 11.9. The smallest absolute Gasteiger partial charge is 0.264 e. The van der Waals surface area contributed by atoms with Gasteiger partial charge in [-0.15, -0.1) is 0 Å². The molecule has 0 bridgehead atoms. The Labute approximate surface area is 279 Å². The quantitative estimate of drug-likeness (QED) is 0.220. The van der Waals surface area contributed by atoms with E-state index in [1.807, 2.05) is 6.92 Å². The Morgan fingerprint density at radius 1 is 0.886 bits per heavy atom. The Balaban J connectivity index is 1.76. The summed E-state index contributed by atoms with van der Waals surface area (Å²) in [6.07, 6.45) is 5.19. The fraction of sp³-hybridized carbons (Fsp3) is 0.375. The minimum Gasteiger partial charge on any atom is -0.352 e. The predicted octanol–water partition coefficient (Wildman–Crippen LogP) is 8.06. The number of nitrogens with zero attached hydrogens (tertiary/aromatic N) is 2. The first-order valence-corrected chi connectivity index (χ1v) is 17.4. The molecule has 0 radical (unpaired) electrons. The standard InChI is InChI=1S/C32H35Cl4N3O4S/c1-3-30(32(41)37-22-8-5-4-6-9-22)38(19-25-26(33)10-7-11-27(25)34)31(40)20-39(23-14-17-28(35)29(36)18-23)44(42,43)24-15-12-21(2)13-16-24/h7,10-18,22,30H,3-6,8-9,19-20H2,1-2H3,(H,37,41)/t30-/m1/s1. The van der Waals surface area contributed by atoms with Gasteiger partial charge in [-0.2, -0.15) is 0 Å². The second-order valence-electron chi connectivity index (χ2n) is 10.9. The topological polar surface area (TPSA) is 86.8 Å². The maximum atomic E-state index is 14.3. The number of hydrogen-bond donors (Lipinski definition) is 1. The number of nitrogens with one attached hydrogen (secondary N) is 1. The molecule has 3 aromatic rings. The SMILES string of the molecule is CC[C@H](C(=O)NC1CCCCC1)N(Cc1c(Cl)cccc1Cl)C(=O)CN(c1ccc(Cl)c(Cl)c1)S(=O)(=O)c1ccc(C)cc1. The molecule has 0 saturated heterocycles. The number of sulfonamides is 1. The fourth-order valence-corrected chi connectivity index (χ4v) is 7.54. The number of carbonyl (C=O) groups is 2. The lowest BCUT2D eigenvalue weighted by molar-refractivity contribution is -0.140. The summed E-state index contributed by atoms with van der Waals surface area (Å²) in [5.74, 6) is -0.924. The van der Waals surface area contributed by atoms with E-state index in [1.165, 1.54) is 35.2 Å². The van der Waals surface area contributed by atoms with Gasteiger partial charge < -0.3 is 10.2 Å². The molecular formula is C32H35Cl4N3O4S. The molecule has 12 heteroatoms. The maximum absolute atomic E-state index is 14.3. The molecule has 1 fully saturated rings. The van der Waals surface area contributed by atoms with Gasteiger partial charge in [0.15, 0.2) is 0 Å². The summed E-state index contributed by atoms with van der Waals surface area (Å²) < 4.78 is 29.1. The zero-order valence-corrected chi connectivity index (χ0v) is 28.4. The average Bonchev–Trinajstić information content (AvgIpc) is 2.99.